The molecule has 2 atom stereocenters. The summed E-state index contributed by atoms with van der Waals surface area (Å²) >= 11 is 0. The Kier molecular flexibility index (Phi) is 13.8. The number of anilines is 1. The molecule has 0 bridgehead atoms. The molecule has 0 aliphatic carbocycles. The van der Waals surface area contributed by atoms with Crippen LogP contribution in [0.5, 0.6) is 0 Å². The summed E-state index contributed by atoms with van der Waals surface area (Å²) in [5.74, 6) is -1.05. The molecule has 5 N–H and O–H groups in total. The summed E-state index contributed by atoms with van der Waals surface area (Å²) in [5.41, 5.74) is 11.7. The summed E-state index contributed by atoms with van der Waals surface area (Å²) in [6.45, 7) is 6.51. The maximum absolute atomic E-state index is 12.3. The number of nitrogens with zero attached hydrogens (tertiary/aromatic N) is 3. The van der Waals surface area contributed by atoms with Crippen molar-refractivity contribution in [3.63, 3.8) is 0 Å². The molecule has 2 aromatic heterocycles. The van der Waals surface area contributed by atoms with Crippen molar-refractivity contribution in [2.75, 3.05) is 18.9 Å². The first kappa shape index (κ1) is 31.3. The van der Waals surface area contributed by atoms with Gasteiger partial charge in [-0.1, -0.05) is 72.1 Å². The largest absolute Gasteiger partial charge is 0.465 e. The van der Waals surface area contributed by atoms with Crippen LogP contribution in [0.1, 0.15) is 91.4 Å². The highest BCUT2D eigenvalue weighted by Crippen LogP contribution is 2.15. The number of ether oxygens (including phenoxy) is 2. The minimum atomic E-state index is -0.721. The number of carbonyl (C=O) groups is 2. The Balaban J connectivity index is 1.84. The van der Waals surface area contributed by atoms with Crippen molar-refractivity contribution in [2.24, 2.45) is 17.6 Å². The molecule has 0 saturated carbocycles. The molecule has 11 nitrogen and oxygen atoms in total. The number of nitrogens with one attached hydrogen (secondary N) is 1. The van der Waals surface area contributed by atoms with Crippen LogP contribution in [0, 0.1) is 11.8 Å². The number of aryl methyl sites for hydroxylation is 1. The Morgan fingerprint density at radius 2 is 1.66 bits per heavy atom. The number of esters is 2. The van der Waals surface area contributed by atoms with Crippen LogP contribution in [0.3, 0.4) is 0 Å². The third-order valence-electron chi connectivity index (χ3n) is 6.69. The number of nitrogens with two attached hydrogens (primary N) is 2. The van der Waals surface area contributed by atoms with Gasteiger partial charge in [-0.3, -0.25) is 19.4 Å². The fraction of sp³-hybridized carbons (Fsp3) is 0.741. The van der Waals surface area contributed by atoms with Gasteiger partial charge in [0.05, 0.1) is 19.5 Å². The van der Waals surface area contributed by atoms with E-state index in [9.17, 15) is 14.4 Å². The summed E-state index contributed by atoms with van der Waals surface area (Å²) in [5, 5.41) is 0. The van der Waals surface area contributed by atoms with Gasteiger partial charge in [-0.25, -0.2) is 4.98 Å². The molecule has 0 fully saturated rings. The summed E-state index contributed by atoms with van der Waals surface area (Å²) in [7, 11) is 0. The summed E-state index contributed by atoms with van der Waals surface area (Å²) in [6, 6.07) is -0.721. The number of imidazole rings is 1. The quantitative estimate of drug-likeness (QED) is 0.180. The standard InChI is InChI=1S/C27H46N6O5/c1-4-5-6-7-8-9-10-11-12-13-21(34)37-16-20(17-38-26(36)22(28)19(2)3)14-15-33-18-30-23-24(33)31-27(29)32-25(23)35/h18-20,22H,4-17,28H2,1-3H3,(H3,29,31,32,35)/t20?,22-/m0/s1. The number of fused-ring (bicyclic) bond motifs is 1. The highest BCUT2D eigenvalue weighted by atomic mass is 16.5. The molecule has 11 heteroatoms. The second kappa shape index (κ2) is 16.8. The molecule has 0 aromatic carbocycles. The summed E-state index contributed by atoms with van der Waals surface area (Å²) in [4.78, 5) is 47.4. The van der Waals surface area contributed by atoms with Crippen molar-refractivity contribution < 1.29 is 19.1 Å². The monoisotopic (exact) mass is 534 g/mol. The van der Waals surface area contributed by atoms with E-state index < -0.39 is 17.6 Å². The third kappa shape index (κ3) is 10.8. The molecule has 38 heavy (non-hydrogen) atoms. The molecule has 2 heterocycles. The minimum Gasteiger partial charge on any atom is -0.465 e. The van der Waals surface area contributed by atoms with Crippen molar-refractivity contribution in [2.45, 2.75) is 104 Å². The van der Waals surface area contributed by atoms with E-state index in [-0.39, 0.29) is 42.5 Å². The Morgan fingerprint density at radius 3 is 2.32 bits per heavy atom. The first-order valence-corrected chi connectivity index (χ1v) is 14.0. The molecule has 2 aromatic rings. The second-order valence-corrected chi connectivity index (χ2v) is 10.4. The molecule has 0 spiro atoms. The van der Waals surface area contributed by atoms with Gasteiger partial charge in [0.2, 0.25) is 5.95 Å². The average Bonchev–Trinajstić information content (AvgIpc) is 3.29. The van der Waals surface area contributed by atoms with Crippen LogP contribution in [0.4, 0.5) is 5.95 Å². The van der Waals surface area contributed by atoms with Crippen LogP contribution >= 0.6 is 0 Å². The molecule has 0 radical (unpaired) electrons. The van der Waals surface area contributed by atoms with Crippen LogP contribution in [-0.4, -0.2) is 50.7 Å². The molecular formula is C27H46N6O5. The normalized spacial score (nSPS) is 13.1. The van der Waals surface area contributed by atoms with Gasteiger partial charge in [0.15, 0.2) is 11.2 Å². The van der Waals surface area contributed by atoms with Crippen LogP contribution in [0.2, 0.25) is 0 Å². The van der Waals surface area contributed by atoms with Crippen molar-refractivity contribution in [3.8, 4) is 0 Å². The molecule has 0 aliphatic rings. The number of H-pyrrole nitrogens is 1. The molecule has 2 rings (SSSR count). The lowest BCUT2D eigenvalue weighted by atomic mass is 10.1. The lowest BCUT2D eigenvalue weighted by molar-refractivity contribution is -0.150. The first-order chi connectivity index (χ1) is 18.2. The van der Waals surface area contributed by atoms with Crippen molar-refractivity contribution in [1.29, 1.82) is 0 Å². The Bertz CT molecular complexity index is 1050. The Hall–Kier alpha value is -2.95. The number of hydrogen-bond donors (Lipinski definition) is 3. The second-order valence-electron chi connectivity index (χ2n) is 10.4. The van der Waals surface area contributed by atoms with E-state index in [1.807, 2.05) is 13.8 Å². The number of aromatic nitrogens is 4. The predicted molar refractivity (Wildman–Crippen MR) is 147 cm³/mol. The van der Waals surface area contributed by atoms with Gasteiger partial charge in [0, 0.05) is 18.9 Å². The number of aromatic amines is 1. The van der Waals surface area contributed by atoms with E-state index in [4.69, 9.17) is 20.9 Å². The Morgan fingerprint density at radius 1 is 1.03 bits per heavy atom. The topological polar surface area (TPSA) is 168 Å². The van der Waals surface area contributed by atoms with Crippen molar-refractivity contribution >= 4 is 29.1 Å². The lowest BCUT2D eigenvalue weighted by Gasteiger charge is -2.20. The van der Waals surface area contributed by atoms with E-state index in [0.717, 1.165) is 19.3 Å². The molecule has 0 saturated heterocycles. The maximum Gasteiger partial charge on any atom is 0.323 e. The van der Waals surface area contributed by atoms with Crippen molar-refractivity contribution in [1.82, 2.24) is 19.5 Å². The molecule has 1 unspecified atom stereocenters. The lowest BCUT2D eigenvalue weighted by Crippen LogP contribution is -2.38. The van der Waals surface area contributed by atoms with Gasteiger partial charge in [0.1, 0.15) is 6.04 Å². The number of carbonyl (C=O) groups excluding carboxylic acids is 2. The van der Waals surface area contributed by atoms with Gasteiger partial charge >= 0.3 is 11.9 Å². The molecule has 214 valence electrons. The summed E-state index contributed by atoms with van der Waals surface area (Å²) in [6.07, 6.45) is 13.0. The van der Waals surface area contributed by atoms with E-state index in [1.165, 1.54) is 44.9 Å². The zero-order valence-corrected chi connectivity index (χ0v) is 23.2. The fourth-order valence-electron chi connectivity index (χ4n) is 4.10. The van der Waals surface area contributed by atoms with E-state index >= 15 is 0 Å². The molecule has 0 aliphatic heterocycles. The average molecular weight is 535 g/mol. The minimum absolute atomic E-state index is 0.00262. The number of nitrogen functional groups attached to an aromatic ring is 1. The van der Waals surface area contributed by atoms with Gasteiger partial charge in [-0.15, -0.1) is 0 Å². The maximum atomic E-state index is 12.3. The highest BCUT2D eigenvalue weighted by Gasteiger charge is 2.22. The van der Waals surface area contributed by atoms with Crippen molar-refractivity contribution in [3.05, 3.63) is 16.7 Å². The number of unbranched alkanes of at least 4 members (excludes halogenated alkanes) is 8. The van der Waals surface area contributed by atoms with Crippen LogP contribution in [-0.2, 0) is 25.6 Å². The van der Waals surface area contributed by atoms with Gasteiger partial charge < -0.3 is 25.5 Å². The highest BCUT2D eigenvalue weighted by molar-refractivity contribution is 5.75. The van der Waals surface area contributed by atoms with Gasteiger partial charge in [-0.2, -0.15) is 4.98 Å². The van der Waals surface area contributed by atoms with E-state index in [2.05, 4.69) is 21.9 Å². The van der Waals surface area contributed by atoms with Crippen LogP contribution in [0.15, 0.2) is 11.1 Å². The number of rotatable bonds is 19. The molecular weight excluding hydrogens is 488 g/mol. The van der Waals surface area contributed by atoms with Crippen LogP contribution in [0.25, 0.3) is 11.2 Å². The van der Waals surface area contributed by atoms with E-state index in [1.54, 1.807) is 4.57 Å². The Labute approximate surface area is 225 Å². The van der Waals surface area contributed by atoms with Crippen LogP contribution < -0.4 is 17.0 Å². The fourth-order valence-corrected chi connectivity index (χ4v) is 4.10. The predicted octanol–water partition coefficient (Wildman–Crippen LogP) is 3.70. The summed E-state index contributed by atoms with van der Waals surface area (Å²) < 4.78 is 12.7. The van der Waals surface area contributed by atoms with Gasteiger partial charge in [-0.05, 0) is 18.8 Å². The first-order valence-electron chi connectivity index (χ1n) is 14.0. The zero-order chi connectivity index (χ0) is 27.9. The number of hydrogen-bond acceptors (Lipinski definition) is 9. The third-order valence-corrected chi connectivity index (χ3v) is 6.69. The SMILES string of the molecule is CCCCCCCCCCCC(=O)OCC(CCn1cnc2c(=O)[nH]c(N)nc21)COC(=O)[C@@H](N)C(C)C. The van der Waals surface area contributed by atoms with E-state index in [0.29, 0.717) is 25.0 Å². The smallest absolute Gasteiger partial charge is 0.323 e. The zero-order valence-electron chi connectivity index (χ0n) is 23.2. The van der Waals surface area contributed by atoms with Gasteiger partial charge in [0.25, 0.3) is 5.56 Å². The molecule has 0 amide bonds.